The van der Waals surface area contributed by atoms with E-state index in [0.717, 1.165) is 31.6 Å². The Labute approximate surface area is 107 Å². The van der Waals surface area contributed by atoms with Gasteiger partial charge in [0.25, 0.3) is 0 Å². The van der Waals surface area contributed by atoms with Crippen molar-refractivity contribution in [3.63, 3.8) is 0 Å². The molecule has 0 saturated carbocycles. The standard InChI is InChI=1S/C13H18N4O/c1-17-7-9(5-6-12(17)18)16-13-10-3-2-4-11(10)14-8-15-13/h8-9H,2-7H2,1H3,(H,14,15,16). The first-order chi connectivity index (χ1) is 8.74. The maximum atomic E-state index is 11.5. The van der Waals surface area contributed by atoms with E-state index < -0.39 is 0 Å². The van der Waals surface area contributed by atoms with Crippen LogP contribution in [0.5, 0.6) is 0 Å². The Kier molecular flexibility index (Phi) is 2.89. The number of aryl methyl sites for hydroxylation is 1. The Balaban J connectivity index is 1.74. The molecule has 1 unspecified atom stereocenters. The highest BCUT2D eigenvalue weighted by atomic mass is 16.2. The minimum Gasteiger partial charge on any atom is -0.365 e. The highest BCUT2D eigenvalue weighted by molar-refractivity contribution is 5.77. The summed E-state index contributed by atoms with van der Waals surface area (Å²) < 4.78 is 0. The van der Waals surface area contributed by atoms with E-state index in [1.54, 1.807) is 11.2 Å². The summed E-state index contributed by atoms with van der Waals surface area (Å²) in [5.74, 6) is 1.21. The number of nitrogens with one attached hydrogen (secondary N) is 1. The number of piperidine rings is 1. The zero-order valence-electron chi connectivity index (χ0n) is 10.6. The Morgan fingerprint density at radius 2 is 2.22 bits per heavy atom. The quantitative estimate of drug-likeness (QED) is 0.845. The molecule has 5 heteroatoms. The molecular weight excluding hydrogens is 228 g/mol. The van der Waals surface area contributed by atoms with Crippen LogP contribution in [0.25, 0.3) is 0 Å². The van der Waals surface area contributed by atoms with Gasteiger partial charge in [0.05, 0.1) is 0 Å². The Hall–Kier alpha value is -1.65. The van der Waals surface area contributed by atoms with E-state index in [9.17, 15) is 4.79 Å². The van der Waals surface area contributed by atoms with E-state index >= 15 is 0 Å². The van der Waals surface area contributed by atoms with Crippen LogP contribution >= 0.6 is 0 Å². The van der Waals surface area contributed by atoms with Gasteiger partial charge in [-0.1, -0.05) is 0 Å². The molecule has 1 aliphatic heterocycles. The van der Waals surface area contributed by atoms with Crippen molar-refractivity contribution in [2.75, 3.05) is 18.9 Å². The van der Waals surface area contributed by atoms with Crippen LogP contribution < -0.4 is 5.32 Å². The molecule has 0 spiro atoms. The zero-order valence-corrected chi connectivity index (χ0v) is 10.6. The predicted octanol–water partition coefficient (Wildman–Crippen LogP) is 0.998. The van der Waals surface area contributed by atoms with E-state index in [0.29, 0.717) is 12.5 Å². The second-order valence-electron chi connectivity index (χ2n) is 5.16. The molecule has 1 aromatic rings. The van der Waals surface area contributed by atoms with Crippen LogP contribution in [0.3, 0.4) is 0 Å². The number of anilines is 1. The predicted molar refractivity (Wildman–Crippen MR) is 68.3 cm³/mol. The summed E-state index contributed by atoms with van der Waals surface area (Å²) in [6.45, 7) is 0.762. The molecule has 1 fully saturated rings. The van der Waals surface area contributed by atoms with Crippen LogP contribution in [0.15, 0.2) is 6.33 Å². The van der Waals surface area contributed by atoms with Crippen molar-refractivity contribution in [3.05, 3.63) is 17.6 Å². The summed E-state index contributed by atoms with van der Waals surface area (Å²) in [6, 6.07) is 0.312. The van der Waals surface area contributed by atoms with Crippen LogP contribution in [0.1, 0.15) is 30.5 Å². The van der Waals surface area contributed by atoms with Gasteiger partial charge in [-0.25, -0.2) is 9.97 Å². The van der Waals surface area contributed by atoms with Gasteiger partial charge in [-0.2, -0.15) is 0 Å². The van der Waals surface area contributed by atoms with Gasteiger partial charge in [-0.3, -0.25) is 4.79 Å². The third kappa shape index (κ3) is 2.05. The molecule has 5 nitrogen and oxygen atoms in total. The monoisotopic (exact) mass is 246 g/mol. The normalized spacial score (nSPS) is 23.1. The molecule has 0 bridgehead atoms. The van der Waals surface area contributed by atoms with Gasteiger partial charge < -0.3 is 10.2 Å². The van der Waals surface area contributed by atoms with Gasteiger partial charge in [0.15, 0.2) is 0 Å². The number of rotatable bonds is 2. The largest absolute Gasteiger partial charge is 0.365 e. The van der Waals surface area contributed by atoms with Crippen LogP contribution in [0.2, 0.25) is 0 Å². The Morgan fingerprint density at radius 1 is 1.33 bits per heavy atom. The summed E-state index contributed by atoms with van der Waals surface area (Å²) in [5.41, 5.74) is 2.46. The van der Waals surface area contributed by atoms with Gasteiger partial charge in [0, 0.05) is 37.3 Å². The highest BCUT2D eigenvalue weighted by Crippen LogP contribution is 2.26. The molecule has 18 heavy (non-hydrogen) atoms. The first-order valence-electron chi connectivity index (χ1n) is 6.57. The van der Waals surface area contributed by atoms with Crippen molar-refractivity contribution in [3.8, 4) is 0 Å². The third-order valence-corrected chi connectivity index (χ3v) is 3.84. The fourth-order valence-electron chi connectivity index (χ4n) is 2.81. The topological polar surface area (TPSA) is 58.1 Å². The number of hydrogen-bond acceptors (Lipinski definition) is 4. The van der Waals surface area contributed by atoms with E-state index in [2.05, 4.69) is 15.3 Å². The molecular formula is C13H18N4O. The van der Waals surface area contributed by atoms with Crippen LogP contribution in [-0.4, -0.2) is 40.4 Å². The lowest BCUT2D eigenvalue weighted by molar-refractivity contribution is -0.132. The molecule has 1 N–H and O–H groups in total. The Bertz CT molecular complexity index is 474. The SMILES string of the molecule is CN1CC(Nc2ncnc3c2CCC3)CCC1=O. The van der Waals surface area contributed by atoms with E-state index in [1.165, 1.54) is 17.7 Å². The fraction of sp³-hybridized carbons (Fsp3) is 0.615. The van der Waals surface area contributed by atoms with Crippen LogP contribution in [-0.2, 0) is 17.6 Å². The lowest BCUT2D eigenvalue weighted by Gasteiger charge is -2.30. The van der Waals surface area contributed by atoms with Crippen molar-refractivity contribution in [2.45, 2.75) is 38.1 Å². The molecule has 0 radical (unpaired) electrons. The maximum absolute atomic E-state index is 11.5. The van der Waals surface area contributed by atoms with Crippen molar-refractivity contribution < 1.29 is 4.79 Å². The number of likely N-dealkylation sites (tertiary alicyclic amines) is 1. The van der Waals surface area contributed by atoms with Gasteiger partial charge in [0.2, 0.25) is 5.91 Å². The van der Waals surface area contributed by atoms with E-state index in [4.69, 9.17) is 0 Å². The zero-order chi connectivity index (χ0) is 12.5. The number of fused-ring (bicyclic) bond motifs is 1. The van der Waals surface area contributed by atoms with E-state index in [1.807, 2.05) is 7.05 Å². The molecule has 1 aliphatic carbocycles. The second-order valence-corrected chi connectivity index (χ2v) is 5.16. The first kappa shape index (κ1) is 11.4. The number of hydrogen-bond donors (Lipinski definition) is 1. The lowest BCUT2D eigenvalue weighted by atomic mass is 10.1. The number of carbonyl (C=O) groups excluding carboxylic acids is 1. The number of carbonyl (C=O) groups is 1. The summed E-state index contributed by atoms with van der Waals surface area (Å²) in [5, 5.41) is 3.49. The first-order valence-corrected chi connectivity index (χ1v) is 6.57. The summed E-state index contributed by atoms with van der Waals surface area (Å²) >= 11 is 0. The minimum absolute atomic E-state index is 0.237. The molecule has 2 heterocycles. The number of nitrogens with zero attached hydrogens (tertiary/aromatic N) is 3. The summed E-state index contributed by atoms with van der Waals surface area (Å²) in [4.78, 5) is 21.9. The summed E-state index contributed by atoms with van der Waals surface area (Å²) in [6.07, 6.45) is 6.47. The molecule has 1 saturated heterocycles. The number of likely N-dealkylation sites (N-methyl/N-ethyl adjacent to an activating group) is 1. The van der Waals surface area contributed by atoms with Gasteiger partial charge >= 0.3 is 0 Å². The van der Waals surface area contributed by atoms with Gasteiger partial charge in [-0.15, -0.1) is 0 Å². The lowest BCUT2D eigenvalue weighted by Crippen LogP contribution is -2.43. The van der Waals surface area contributed by atoms with Crippen LogP contribution in [0.4, 0.5) is 5.82 Å². The van der Waals surface area contributed by atoms with Crippen molar-refractivity contribution in [1.82, 2.24) is 14.9 Å². The molecule has 3 rings (SSSR count). The van der Waals surface area contributed by atoms with Crippen molar-refractivity contribution in [1.29, 1.82) is 0 Å². The number of amides is 1. The summed E-state index contributed by atoms with van der Waals surface area (Å²) in [7, 11) is 1.86. The molecule has 1 aromatic heterocycles. The molecule has 1 amide bonds. The minimum atomic E-state index is 0.237. The second kappa shape index (κ2) is 4.55. The molecule has 0 aromatic carbocycles. The number of aromatic nitrogens is 2. The van der Waals surface area contributed by atoms with Gasteiger partial charge in [-0.05, 0) is 25.7 Å². The molecule has 96 valence electrons. The average Bonchev–Trinajstić information content (AvgIpc) is 2.83. The average molecular weight is 246 g/mol. The maximum Gasteiger partial charge on any atom is 0.222 e. The van der Waals surface area contributed by atoms with Gasteiger partial charge in [0.1, 0.15) is 12.1 Å². The van der Waals surface area contributed by atoms with Crippen LogP contribution in [0, 0.1) is 0 Å². The van der Waals surface area contributed by atoms with Crippen molar-refractivity contribution in [2.24, 2.45) is 0 Å². The smallest absolute Gasteiger partial charge is 0.222 e. The highest BCUT2D eigenvalue weighted by Gasteiger charge is 2.25. The molecule has 1 atom stereocenters. The fourth-order valence-corrected chi connectivity index (χ4v) is 2.81. The third-order valence-electron chi connectivity index (χ3n) is 3.84. The van der Waals surface area contributed by atoms with Crippen molar-refractivity contribution >= 4 is 11.7 Å². The molecule has 2 aliphatic rings. The Morgan fingerprint density at radius 3 is 3.06 bits per heavy atom. The van der Waals surface area contributed by atoms with E-state index in [-0.39, 0.29) is 5.91 Å².